The van der Waals surface area contributed by atoms with E-state index in [-0.39, 0.29) is 12.2 Å². The van der Waals surface area contributed by atoms with Crippen LogP contribution in [-0.4, -0.2) is 24.4 Å². The molecule has 1 aromatic carbocycles. The zero-order valence-electron chi connectivity index (χ0n) is 9.01. The summed E-state index contributed by atoms with van der Waals surface area (Å²) in [5.74, 6) is -2.13. The summed E-state index contributed by atoms with van der Waals surface area (Å²) in [5.41, 5.74) is -0.0298. The second kappa shape index (κ2) is 3.94. The highest BCUT2D eigenvalue weighted by Gasteiger charge is 2.51. The lowest BCUT2D eigenvalue weighted by atomic mass is 10.1. The van der Waals surface area contributed by atoms with Crippen molar-refractivity contribution in [1.29, 1.82) is 0 Å². The normalized spacial score (nSPS) is 26.0. The first-order valence-corrected chi connectivity index (χ1v) is 6.08. The Kier molecular flexibility index (Phi) is 2.51. The topological polar surface area (TPSA) is 62.1 Å². The van der Waals surface area contributed by atoms with Crippen LogP contribution in [0.2, 0.25) is 0 Å². The van der Waals surface area contributed by atoms with Crippen molar-refractivity contribution in [2.24, 2.45) is 16.1 Å². The summed E-state index contributed by atoms with van der Waals surface area (Å²) >= 11 is 3.12. The number of carbonyl (C=O) groups excluding carboxylic acids is 2. The molecule has 1 fully saturated rings. The summed E-state index contributed by atoms with van der Waals surface area (Å²) in [6, 6.07) is 3.41. The van der Waals surface area contributed by atoms with Gasteiger partial charge in [0.2, 0.25) is 5.91 Å². The predicted octanol–water partition coefficient (Wildman–Crippen LogP) is 1.91. The van der Waals surface area contributed by atoms with Gasteiger partial charge in [-0.3, -0.25) is 9.59 Å². The average molecular weight is 312 g/mol. The van der Waals surface area contributed by atoms with Crippen LogP contribution in [0.25, 0.3) is 0 Å². The van der Waals surface area contributed by atoms with Crippen molar-refractivity contribution in [3.05, 3.63) is 28.5 Å². The second-order valence-corrected chi connectivity index (χ2v) is 5.01. The number of azo groups is 1. The molecule has 1 saturated heterocycles. The highest BCUT2D eigenvalue weighted by atomic mass is 79.9. The monoisotopic (exact) mass is 311 g/mol. The maximum atomic E-state index is 13.8. The second-order valence-electron chi connectivity index (χ2n) is 4.10. The van der Waals surface area contributed by atoms with E-state index in [0.717, 1.165) is 4.90 Å². The number of rotatable bonds is 1. The van der Waals surface area contributed by atoms with Crippen molar-refractivity contribution >= 4 is 33.4 Å². The molecule has 0 radical (unpaired) electrons. The van der Waals surface area contributed by atoms with E-state index in [1.807, 2.05) is 0 Å². The molecule has 0 aliphatic carbocycles. The molecule has 18 heavy (non-hydrogen) atoms. The quantitative estimate of drug-likeness (QED) is 0.744. The Labute approximate surface area is 110 Å². The van der Waals surface area contributed by atoms with E-state index in [2.05, 4.69) is 26.2 Å². The Morgan fingerprint density at radius 2 is 2.11 bits per heavy atom. The van der Waals surface area contributed by atoms with Gasteiger partial charge in [-0.25, -0.2) is 9.29 Å². The molecule has 5 nitrogen and oxygen atoms in total. The molecule has 2 heterocycles. The summed E-state index contributed by atoms with van der Waals surface area (Å²) in [6.45, 7) is 0.198. The van der Waals surface area contributed by atoms with E-state index in [1.54, 1.807) is 6.07 Å². The SMILES string of the molecule is O=C1C2CN=NC2C(=O)N1c1ccc(Br)cc1F. The van der Waals surface area contributed by atoms with E-state index in [4.69, 9.17) is 0 Å². The minimum Gasteiger partial charge on any atom is -0.274 e. The van der Waals surface area contributed by atoms with Crippen molar-refractivity contribution in [2.45, 2.75) is 6.04 Å². The molecule has 3 rings (SSSR count). The Balaban J connectivity index is 2.04. The van der Waals surface area contributed by atoms with E-state index in [0.29, 0.717) is 4.47 Å². The summed E-state index contributed by atoms with van der Waals surface area (Å²) in [6.07, 6.45) is 0. The van der Waals surface area contributed by atoms with E-state index < -0.39 is 29.6 Å². The lowest BCUT2D eigenvalue weighted by molar-refractivity contribution is -0.122. The first kappa shape index (κ1) is 11.5. The smallest absolute Gasteiger partial charge is 0.261 e. The van der Waals surface area contributed by atoms with Crippen LogP contribution < -0.4 is 4.90 Å². The number of fused-ring (bicyclic) bond motifs is 1. The maximum absolute atomic E-state index is 13.8. The van der Waals surface area contributed by atoms with Gasteiger partial charge in [-0.1, -0.05) is 15.9 Å². The Morgan fingerprint density at radius 1 is 1.33 bits per heavy atom. The van der Waals surface area contributed by atoms with Crippen molar-refractivity contribution < 1.29 is 14.0 Å². The number of anilines is 1. The Bertz CT molecular complexity index is 590. The lowest BCUT2D eigenvalue weighted by Crippen LogP contribution is -2.32. The number of imide groups is 1. The standard InChI is InChI=1S/C11H7BrFN3O2/c12-5-1-2-8(7(13)3-5)16-10(17)6-4-14-15-9(6)11(16)18/h1-3,6,9H,4H2. The number of amides is 2. The van der Waals surface area contributed by atoms with Crippen molar-refractivity contribution in [3.8, 4) is 0 Å². The molecular formula is C11H7BrFN3O2. The van der Waals surface area contributed by atoms with Crippen LogP contribution in [0.15, 0.2) is 32.9 Å². The van der Waals surface area contributed by atoms with Gasteiger partial charge in [0, 0.05) is 4.47 Å². The van der Waals surface area contributed by atoms with Crippen LogP contribution in [0.1, 0.15) is 0 Å². The molecule has 0 spiro atoms. The fraction of sp³-hybridized carbons (Fsp3) is 0.273. The van der Waals surface area contributed by atoms with Gasteiger partial charge in [-0.05, 0) is 18.2 Å². The van der Waals surface area contributed by atoms with E-state index in [9.17, 15) is 14.0 Å². The van der Waals surface area contributed by atoms with E-state index in [1.165, 1.54) is 12.1 Å². The minimum absolute atomic E-state index is 0.0298. The van der Waals surface area contributed by atoms with Crippen LogP contribution in [0.3, 0.4) is 0 Å². The molecule has 92 valence electrons. The van der Waals surface area contributed by atoms with Crippen molar-refractivity contribution in [3.63, 3.8) is 0 Å². The van der Waals surface area contributed by atoms with Gasteiger partial charge in [0.1, 0.15) is 5.82 Å². The van der Waals surface area contributed by atoms with Crippen LogP contribution in [-0.2, 0) is 9.59 Å². The lowest BCUT2D eigenvalue weighted by Gasteiger charge is -2.15. The van der Waals surface area contributed by atoms with Crippen LogP contribution in [0.4, 0.5) is 10.1 Å². The van der Waals surface area contributed by atoms with Gasteiger partial charge in [0.25, 0.3) is 5.91 Å². The number of halogens is 2. The fourth-order valence-corrected chi connectivity index (χ4v) is 2.48. The molecule has 2 amide bonds. The summed E-state index contributed by atoms with van der Waals surface area (Å²) in [7, 11) is 0. The van der Waals surface area contributed by atoms with Crippen LogP contribution in [0.5, 0.6) is 0 Å². The Morgan fingerprint density at radius 3 is 2.78 bits per heavy atom. The summed E-state index contributed by atoms with van der Waals surface area (Å²) in [4.78, 5) is 24.9. The highest BCUT2D eigenvalue weighted by Crippen LogP contribution is 2.34. The summed E-state index contributed by atoms with van der Waals surface area (Å²) in [5, 5.41) is 7.42. The highest BCUT2D eigenvalue weighted by molar-refractivity contribution is 9.10. The van der Waals surface area contributed by atoms with Gasteiger partial charge in [-0.15, -0.1) is 0 Å². The van der Waals surface area contributed by atoms with Gasteiger partial charge in [-0.2, -0.15) is 10.2 Å². The van der Waals surface area contributed by atoms with E-state index >= 15 is 0 Å². The molecule has 2 aliphatic heterocycles. The largest absolute Gasteiger partial charge is 0.274 e. The molecular weight excluding hydrogens is 305 g/mol. The number of nitrogens with zero attached hydrogens (tertiary/aromatic N) is 3. The van der Waals surface area contributed by atoms with Gasteiger partial charge < -0.3 is 0 Å². The summed E-state index contributed by atoms with van der Waals surface area (Å²) < 4.78 is 14.3. The number of hydrogen-bond acceptors (Lipinski definition) is 4. The third-order valence-corrected chi connectivity index (χ3v) is 3.52. The Hall–Kier alpha value is -1.63. The number of hydrogen-bond donors (Lipinski definition) is 0. The zero-order chi connectivity index (χ0) is 12.9. The molecule has 0 aromatic heterocycles. The molecule has 0 saturated carbocycles. The van der Waals surface area contributed by atoms with Gasteiger partial charge in [0.05, 0.1) is 18.2 Å². The van der Waals surface area contributed by atoms with Crippen molar-refractivity contribution in [1.82, 2.24) is 0 Å². The van der Waals surface area contributed by atoms with Crippen LogP contribution >= 0.6 is 15.9 Å². The van der Waals surface area contributed by atoms with Gasteiger partial charge in [0.15, 0.2) is 6.04 Å². The molecule has 2 aliphatic rings. The maximum Gasteiger partial charge on any atom is 0.261 e. The van der Waals surface area contributed by atoms with Crippen LogP contribution in [0, 0.1) is 11.7 Å². The number of carbonyl (C=O) groups is 2. The van der Waals surface area contributed by atoms with Crippen molar-refractivity contribution in [2.75, 3.05) is 11.4 Å². The third-order valence-electron chi connectivity index (χ3n) is 3.03. The van der Waals surface area contributed by atoms with Gasteiger partial charge >= 0.3 is 0 Å². The molecule has 0 bridgehead atoms. The molecule has 0 N–H and O–H groups in total. The predicted molar refractivity (Wildman–Crippen MR) is 63.6 cm³/mol. The third kappa shape index (κ3) is 1.50. The average Bonchev–Trinajstić information content (AvgIpc) is 2.87. The first-order chi connectivity index (χ1) is 8.59. The zero-order valence-corrected chi connectivity index (χ0v) is 10.6. The molecule has 2 unspecified atom stereocenters. The first-order valence-electron chi connectivity index (χ1n) is 5.29. The molecule has 2 atom stereocenters. The number of benzene rings is 1. The fourth-order valence-electron chi connectivity index (χ4n) is 2.14. The molecule has 1 aromatic rings. The molecule has 7 heteroatoms. The minimum atomic E-state index is -0.777.